The van der Waals surface area contributed by atoms with Crippen molar-refractivity contribution in [1.82, 2.24) is 0 Å². The van der Waals surface area contributed by atoms with Crippen molar-refractivity contribution < 1.29 is 56.8 Å². The summed E-state index contributed by atoms with van der Waals surface area (Å²) < 4.78 is 54.1. The second-order valence-electron chi connectivity index (χ2n) is 17.5. The van der Waals surface area contributed by atoms with Crippen LogP contribution in [0.4, 0.5) is 0 Å². The maximum Gasteiger partial charge on any atom is 0.306 e. The molecule has 66 heavy (non-hydrogen) atoms. The van der Waals surface area contributed by atoms with Gasteiger partial charge in [-0.2, -0.15) is 8.42 Å². The van der Waals surface area contributed by atoms with Crippen molar-refractivity contribution >= 4 is 22.1 Å². The Hall–Kier alpha value is -2.91. The number of unbranched alkanes of at least 4 members (excludes halogenated alkanes) is 18. The lowest BCUT2D eigenvalue weighted by molar-refractivity contribution is -0.297. The van der Waals surface area contributed by atoms with E-state index in [4.69, 9.17) is 18.9 Å². The van der Waals surface area contributed by atoms with Crippen molar-refractivity contribution in [2.24, 2.45) is 0 Å². The number of carbonyl (C=O) groups excluding carboxylic acids is 2. The summed E-state index contributed by atoms with van der Waals surface area (Å²) >= 11 is 0. The smallest absolute Gasteiger partial charge is 0.306 e. The molecule has 0 radical (unpaired) electrons. The molecule has 2 unspecified atom stereocenters. The second-order valence-corrected chi connectivity index (χ2v) is 19.0. The number of aliphatic hydroxyl groups is 3. The molecule has 1 aliphatic heterocycles. The lowest BCUT2D eigenvalue weighted by Crippen LogP contribution is -2.60. The van der Waals surface area contributed by atoms with E-state index in [1.807, 2.05) is 12.2 Å². The number of hydrogen-bond donors (Lipinski definition) is 4. The van der Waals surface area contributed by atoms with Crippen molar-refractivity contribution in [3.05, 3.63) is 72.9 Å². The zero-order valence-electron chi connectivity index (χ0n) is 40.8. The molecule has 13 heteroatoms. The van der Waals surface area contributed by atoms with Gasteiger partial charge < -0.3 is 34.3 Å². The molecule has 0 aromatic rings. The summed E-state index contributed by atoms with van der Waals surface area (Å²) in [5, 5.41) is 31.0. The number of rotatable bonds is 42. The van der Waals surface area contributed by atoms with Crippen LogP contribution < -0.4 is 0 Å². The molecule has 12 nitrogen and oxygen atoms in total. The quantitative estimate of drug-likeness (QED) is 0.0197. The predicted octanol–water partition coefficient (Wildman–Crippen LogP) is 11.5. The van der Waals surface area contributed by atoms with E-state index < -0.39 is 71.2 Å². The Labute approximate surface area is 399 Å². The van der Waals surface area contributed by atoms with E-state index in [-0.39, 0.29) is 19.4 Å². The number of carbonyl (C=O) groups is 2. The maximum absolute atomic E-state index is 12.9. The van der Waals surface area contributed by atoms with E-state index in [0.717, 1.165) is 57.8 Å². The van der Waals surface area contributed by atoms with Crippen LogP contribution in [0.5, 0.6) is 0 Å². The number of aliphatic hydroxyl groups excluding tert-OH is 3. The zero-order chi connectivity index (χ0) is 48.4. The van der Waals surface area contributed by atoms with Gasteiger partial charge in [0.15, 0.2) is 12.4 Å². The van der Waals surface area contributed by atoms with Gasteiger partial charge in [-0.1, -0.05) is 202 Å². The number of ether oxygens (including phenoxy) is 4. The van der Waals surface area contributed by atoms with Crippen molar-refractivity contribution in [2.45, 2.75) is 230 Å². The fourth-order valence-corrected chi connectivity index (χ4v) is 8.10. The van der Waals surface area contributed by atoms with E-state index in [9.17, 15) is 37.9 Å². The minimum Gasteiger partial charge on any atom is -0.462 e. The van der Waals surface area contributed by atoms with E-state index in [1.54, 1.807) is 0 Å². The lowest BCUT2D eigenvalue weighted by atomic mass is 10.00. The largest absolute Gasteiger partial charge is 0.462 e. The molecule has 0 aromatic heterocycles. The molecule has 1 rings (SSSR count). The lowest BCUT2D eigenvalue weighted by Gasteiger charge is -2.40. The Kier molecular flexibility index (Phi) is 39.1. The van der Waals surface area contributed by atoms with Gasteiger partial charge in [-0.05, 0) is 51.4 Å². The molecule has 0 bridgehead atoms. The molecule has 1 aliphatic rings. The summed E-state index contributed by atoms with van der Waals surface area (Å²) in [5.41, 5.74) is 0. The molecule has 0 aliphatic carbocycles. The summed E-state index contributed by atoms with van der Waals surface area (Å²) in [5.74, 6) is -2.09. The highest BCUT2D eigenvalue weighted by molar-refractivity contribution is 7.85. The van der Waals surface area contributed by atoms with Crippen LogP contribution in [0.3, 0.4) is 0 Å². The summed E-state index contributed by atoms with van der Waals surface area (Å²) in [6.07, 6.45) is 45.3. The Morgan fingerprint density at radius 1 is 0.530 bits per heavy atom. The van der Waals surface area contributed by atoms with Gasteiger partial charge in [0, 0.05) is 12.8 Å². The Bertz CT molecular complexity index is 1490. The maximum atomic E-state index is 12.9. The summed E-state index contributed by atoms with van der Waals surface area (Å²) in [6, 6.07) is 0. The number of hydrogen-bond acceptors (Lipinski definition) is 11. The molecule has 0 aromatic carbocycles. The average Bonchev–Trinajstić information content (AvgIpc) is 3.28. The second kappa shape index (κ2) is 42.2. The molecule has 4 N–H and O–H groups in total. The highest BCUT2D eigenvalue weighted by Crippen LogP contribution is 2.24. The SMILES string of the molecule is CC/C=C/C/C=C/C/C=C/C/C=C/C/C=C/C/C=C/CCC(=O)OC[C@H](CO[C@H]1O[C@H](CS(=O)(=O)O)[C@@H](O)C(O)C1O)OC(=O)CCCCCCCCCCCCCCCCCCCCC. The molecule has 380 valence electrons. The average molecular weight is 951 g/mol. The predicted molar refractivity (Wildman–Crippen MR) is 265 cm³/mol. The topological polar surface area (TPSA) is 186 Å². The van der Waals surface area contributed by atoms with Crippen LogP contribution >= 0.6 is 0 Å². The number of allylic oxidation sites excluding steroid dienone is 12. The van der Waals surface area contributed by atoms with Crippen LogP contribution in [0.2, 0.25) is 0 Å². The van der Waals surface area contributed by atoms with E-state index >= 15 is 0 Å². The first-order valence-corrected chi connectivity index (χ1v) is 27.1. The molecule has 6 atom stereocenters. The Morgan fingerprint density at radius 3 is 1.39 bits per heavy atom. The highest BCUT2D eigenvalue weighted by Gasteiger charge is 2.46. The number of esters is 2. The van der Waals surface area contributed by atoms with Gasteiger partial charge in [0.2, 0.25) is 0 Å². The van der Waals surface area contributed by atoms with Crippen LogP contribution in [0, 0.1) is 0 Å². The molecular weight excluding hydrogens is 861 g/mol. The highest BCUT2D eigenvalue weighted by atomic mass is 32.2. The summed E-state index contributed by atoms with van der Waals surface area (Å²) in [6.45, 7) is 3.60. The van der Waals surface area contributed by atoms with Gasteiger partial charge in [0.05, 0.1) is 6.61 Å². The molecule has 0 spiro atoms. The first kappa shape index (κ1) is 61.1. The third-order valence-electron chi connectivity index (χ3n) is 11.3. The van der Waals surface area contributed by atoms with Crippen molar-refractivity contribution in [3.8, 4) is 0 Å². The molecule has 0 saturated carbocycles. The molecule has 1 fully saturated rings. The third kappa shape index (κ3) is 36.2. The van der Waals surface area contributed by atoms with Crippen molar-refractivity contribution in [1.29, 1.82) is 0 Å². The third-order valence-corrected chi connectivity index (χ3v) is 12.1. The normalized spacial score (nSPS) is 20.0. The van der Waals surface area contributed by atoms with E-state index in [0.29, 0.717) is 12.8 Å². The van der Waals surface area contributed by atoms with Crippen LogP contribution in [-0.2, 0) is 38.7 Å². The van der Waals surface area contributed by atoms with Crippen LogP contribution in [-0.4, -0.2) is 96.0 Å². The van der Waals surface area contributed by atoms with Crippen LogP contribution in [0.1, 0.15) is 194 Å². The first-order chi connectivity index (χ1) is 32.0. The Balaban J connectivity index is 2.43. The van der Waals surface area contributed by atoms with Gasteiger partial charge in [-0.15, -0.1) is 0 Å². The Morgan fingerprint density at radius 2 is 0.955 bits per heavy atom. The summed E-state index contributed by atoms with van der Waals surface area (Å²) in [4.78, 5) is 25.5. The first-order valence-electron chi connectivity index (χ1n) is 25.5. The van der Waals surface area contributed by atoms with Gasteiger partial charge in [-0.25, -0.2) is 0 Å². The van der Waals surface area contributed by atoms with Gasteiger partial charge >= 0.3 is 11.9 Å². The van der Waals surface area contributed by atoms with Crippen LogP contribution in [0.15, 0.2) is 72.9 Å². The molecule has 0 amide bonds. The van der Waals surface area contributed by atoms with Gasteiger partial charge in [0.1, 0.15) is 36.8 Å². The van der Waals surface area contributed by atoms with Gasteiger partial charge in [-0.3, -0.25) is 14.1 Å². The zero-order valence-corrected chi connectivity index (χ0v) is 41.6. The fraction of sp³-hybridized carbons (Fsp3) is 0.736. The van der Waals surface area contributed by atoms with E-state index in [2.05, 4.69) is 74.6 Å². The summed E-state index contributed by atoms with van der Waals surface area (Å²) in [7, 11) is -4.62. The fourth-order valence-electron chi connectivity index (χ4n) is 7.41. The monoisotopic (exact) mass is 951 g/mol. The minimum absolute atomic E-state index is 0.0922. The molecule has 1 saturated heterocycles. The molecule has 1 heterocycles. The van der Waals surface area contributed by atoms with Crippen molar-refractivity contribution in [2.75, 3.05) is 19.0 Å². The van der Waals surface area contributed by atoms with E-state index in [1.165, 1.54) is 96.3 Å². The standard InChI is InChI=1S/C53H90O12S/c1-3-5-7-9-11-13-15-17-19-21-23-25-27-29-31-33-35-37-39-41-48(54)62-43-46(44-63-53-52(58)51(57)50(56)47(65-53)45-66(59,60)61)64-49(55)42-40-38-36-34-32-30-28-26-24-22-20-18-16-14-12-10-8-6-4-2/h5,7,11,13,17,19,23,25,29,31,35,37,46-47,50-53,56-58H,3-4,6,8-10,12,14-16,18,20-22,24,26-28,30,32-34,36,38-45H2,1-2H3,(H,59,60,61)/b7-5+,13-11+,19-17+,25-23+,31-29+,37-35+/t46-,47-,50-,51?,52?,53+/m1/s1. The van der Waals surface area contributed by atoms with Gasteiger partial charge in [0.25, 0.3) is 10.1 Å². The minimum atomic E-state index is -4.62. The van der Waals surface area contributed by atoms with Crippen molar-refractivity contribution in [3.63, 3.8) is 0 Å². The van der Waals surface area contributed by atoms with Crippen LogP contribution in [0.25, 0.3) is 0 Å². The molecular formula is C53H90O12S.